The van der Waals surface area contributed by atoms with Gasteiger partial charge in [0.2, 0.25) is 0 Å². The average Bonchev–Trinajstić information content (AvgIpc) is 2.70. The molecule has 0 radical (unpaired) electrons. The minimum absolute atomic E-state index is 0.0194. The Morgan fingerprint density at radius 1 is 1.32 bits per heavy atom. The molecule has 2 rings (SSSR count). The van der Waals surface area contributed by atoms with E-state index in [1.54, 1.807) is 19.1 Å². The number of amides is 3. The number of aliphatic hydroxyl groups is 1. The van der Waals surface area contributed by atoms with E-state index in [1.807, 2.05) is 25.1 Å². The summed E-state index contributed by atoms with van der Waals surface area (Å²) in [6.45, 7) is 3.61. The van der Waals surface area contributed by atoms with Gasteiger partial charge in [-0.05, 0) is 25.5 Å². The van der Waals surface area contributed by atoms with E-state index in [4.69, 9.17) is 4.74 Å². The van der Waals surface area contributed by atoms with Crippen LogP contribution in [0.15, 0.2) is 30.3 Å². The Kier molecular flexibility index (Phi) is 5.03. The molecule has 120 valence electrons. The molecule has 6 heteroatoms. The van der Waals surface area contributed by atoms with Crippen molar-refractivity contribution in [2.75, 3.05) is 13.2 Å². The van der Waals surface area contributed by atoms with Crippen LogP contribution in [0, 0.1) is 0 Å². The van der Waals surface area contributed by atoms with E-state index in [1.165, 1.54) is 0 Å². The van der Waals surface area contributed by atoms with E-state index in [0.717, 1.165) is 11.3 Å². The van der Waals surface area contributed by atoms with Crippen molar-refractivity contribution in [3.8, 4) is 5.75 Å². The second-order valence-corrected chi connectivity index (χ2v) is 5.71. The molecule has 1 heterocycles. The molecule has 1 aliphatic rings. The maximum Gasteiger partial charge on any atom is 0.325 e. The molecule has 1 aliphatic heterocycles. The van der Waals surface area contributed by atoms with Crippen molar-refractivity contribution in [2.45, 2.75) is 38.3 Å². The summed E-state index contributed by atoms with van der Waals surface area (Å²) in [7, 11) is 0. The number of nitrogens with one attached hydrogen (secondary N) is 1. The van der Waals surface area contributed by atoms with Gasteiger partial charge in [-0.1, -0.05) is 31.5 Å². The molecule has 0 aromatic heterocycles. The summed E-state index contributed by atoms with van der Waals surface area (Å²) in [5, 5.41) is 12.7. The van der Waals surface area contributed by atoms with Gasteiger partial charge in [-0.25, -0.2) is 4.79 Å². The van der Waals surface area contributed by atoms with Crippen LogP contribution in [0.5, 0.6) is 5.75 Å². The van der Waals surface area contributed by atoms with Crippen molar-refractivity contribution in [2.24, 2.45) is 0 Å². The molecular formula is C16H22N2O4. The predicted molar refractivity (Wildman–Crippen MR) is 81.5 cm³/mol. The average molecular weight is 306 g/mol. The van der Waals surface area contributed by atoms with Gasteiger partial charge in [-0.2, -0.15) is 0 Å². The Labute approximate surface area is 130 Å². The zero-order valence-electron chi connectivity index (χ0n) is 12.9. The normalized spacial score (nSPS) is 22.6. The van der Waals surface area contributed by atoms with Crippen molar-refractivity contribution in [3.63, 3.8) is 0 Å². The number of ether oxygens (including phenoxy) is 1. The number of urea groups is 1. The summed E-state index contributed by atoms with van der Waals surface area (Å²) in [5.74, 6) is 0.340. The second kappa shape index (κ2) is 6.79. The Morgan fingerprint density at radius 2 is 2.00 bits per heavy atom. The van der Waals surface area contributed by atoms with Crippen LogP contribution in [0.3, 0.4) is 0 Å². The number of nitrogens with zero attached hydrogens (tertiary/aromatic N) is 1. The molecule has 22 heavy (non-hydrogen) atoms. The number of para-hydroxylation sites is 1. The highest BCUT2D eigenvalue weighted by atomic mass is 16.5. The Morgan fingerprint density at radius 3 is 2.64 bits per heavy atom. The van der Waals surface area contributed by atoms with E-state index in [0.29, 0.717) is 12.2 Å². The number of aliphatic hydroxyl groups excluding tert-OH is 1. The van der Waals surface area contributed by atoms with Gasteiger partial charge in [0.05, 0.1) is 6.54 Å². The Balaban J connectivity index is 1.90. The quantitative estimate of drug-likeness (QED) is 0.749. The standard InChI is InChI=1S/C16H22N2O4/c1-3-9-16(2)14(20)18(15(21)17-16)10-12(19)11-22-13-7-5-4-6-8-13/h4-8,12,19H,3,9-11H2,1-2H3,(H,17,21)/t12-,16-/m0/s1. The lowest BCUT2D eigenvalue weighted by molar-refractivity contribution is -0.132. The third-order valence-corrected chi connectivity index (χ3v) is 3.67. The molecule has 1 aromatic rings. The van der Waals surface area contributed by atoms with E-state index in [9.17, 15) is 14.7 Å². The molecule has 0 unspecified atom stereocenters. The molecule has 2 atom stereocenters. The fourth-order valence-corrected chi connectivity index (χ4v) is 2.55. The lowest BCUT2D eigenvalue weighted by atomic mass is 9.96. The van der Waals surface area contributed by atoms with E-state index in [-0.39, 0.29) is 19.1 Å². The first kappa shape index (κ1) is 16.3. The molecule has 1 saturated heterocycles. The summed E-state index contributed by atoms with van der Waals surface area (Å²) in [5.41, 5.74) is -0.869. The van der Waals surface area contributed by atoms with Gasteiger partial charge in [0, 0.05) is 0 Å². The lowest BCUT2D eigenvalue weighted by Gasteiger charge is -2.22. The highest BCUT2D eigenvalue weighted by Gasteiger charge is 2.47. The van der Waals surface area contributed by atoms with Crippen LogP contribution in [-0.2, 0) is 4.79 Å². The lowest BCUT2D eigenvalue weighted by Crippen LogP contribution is -2.44. The highest BCUT2D eigenvalue weighted by molar-refractivity contribution is 6.06. The van der Waals surface area contributed by atoms with Crippen molar-refractivity contribution in [3.05, 3.63) is 30.3 Å². The summed E-state index contributed by atoms with van der Waals surface area (Å²) in [6, 6.07) is 8.62. The van der Waals surface area contributed by atoms with Crippen LogP contribution in [0.25, 0.3) is 0 Å². The maximum atomic E-state index is 12.3. The van der Waals surface area contributed by atoms with Gasteiger partial charge in [0.25, 0.3) is 5.91 Å². The zero-order chi connectivity index (χ0) is 16.2. The molecule has 0 bridgehead atoms. The number of β-amino-alcohol motifs (C(OH)–C–C–N with tert-alkyl or cyclic N) is 1. The van der Waals surface area contributed by atoms with Crippen molar-refractivity contribution < 1.29 is 19.4 Å². The molecule has 0 saturated carbocycles. The van der Waals surface area contributed by atoms with Crippen LogP contribution in [0.1, 0.15) is 26.7 Å². The number of carbonyl (C=O) groups excluding carboxylic acids is 2. The first-order valence-corrected chi connectivity index (χ1v) is 7.46. The molecule has 0 spiro atoms. The number of hydrogen-bond acceptors (Lipinski definition) is 4. The number of carbonyl (C=O) groups is 2. The Hall–Kier alpha value is -2.08. The van der Waals surface area contributed by atoms with Crippen molar-refractivity contribution in [1.29, 1.82) is 0 Å². The summed E-state index contributed by atoms with van der Waals surface area (Å²) in [6.07, 6.45) is 0.430. The van der Waals surface area contributed by atoms with Crippen LogP contribution in [-0.4, -0.2) is 46.7 Å². The minimum Gasteiger partial charge on any atom is -0.491 e. The molecule has 2 N–H and O–H groups in total. The monoisotopic (exact) mass is 306 g/mol. The molecule has 0 aliphatic carbocycles. The number of benzene rings is 1. The van der Waals surface area contributed by atoms with Crippen molar-refractivity contribution in [1.82, 2.24) is 10.2 Å². The third-order valence-electron chi connectivity index (χ3n) is 3.67. The van der Waals surface area contributed by atoms with Crippen LogP contribution in [0.2, 0.25) is 0 Å². The van der Waals surface area contributed by atoms with E-state index < -0.39 is 17.7 Å². The number of hydrogen-bond donors (Lipinski definition) is 2. The van der Waals surface area contributed by atoms with Gasteiger partial charge in [0.1, 0.15) is 24.0 Å². The SMILES string of the molecule is CCC[C@]1(C)NC(=O)N(C[C@H](O)COc2ccccc2)C1=O. The molecular weight excluding hydrogens is 284 g/mol. The van der Waals surface area contributed by atoms with Crippen LogP contribution >= 0.6 is 0 Å². The topological polar surface area (TPSA) is 78.9 Å². The first-order chi connectivity index (χ1) is 10.5. The molecule has 1 fully saturated rings. The van der Waals surface area contributed by atoms with Crippen LogP contribution in [0.4, 0.5) is 4.79 Å². The largest absolute Gasteiger partial charge is 0.491 e. The van der Waals surface area contributed by atoms with Gasteiger partial charge in [-0.3, -0.25) is 9.69 Å². The fraction of sp³-hybridized carbons (Fsp3) is 0.500. The second-order valence-electron chi connectivity index (χ2n) is 5.71. The van der Waals surface area contributed by atoms with Gasteiger partial charge in [-0.15, -0.1) is 0 Å². The first-order valence-electron chi connectivity index (χ1n) is 7.46. The van der Waals surface area contributed by atoms with E-state index >= 15 is 0 Å². The van der Waals surface area contributed by atoms with Gasteiger partial charge >= 0.3 is 6.03 Å². The maximum absolute atomic E-state index is 12.3. The minimum atomic E-state index is -0.932. The van der Waals surface area contributed by atoms with Crippen molar-refractivity contribution >= 4 is 11.9 Å². The smallest absolute Gasteiger partial charge is 0.325 e. The van der Waals surface area contributed by atoms with Crippen LogP contribution < -0.4 is 10.1 Å². The predicted octanol–water partition coefficient (Wildman–Crippen LogP) is 1.54. The third kappa shape index (κ3) is 3.57. The molecule has 6 nitrogen and oxygen atoms in total. The number of imide groups is 1. The van der Waals surface area contributed by atoms with E-state index in [2.05, 4.69) is 5.32 Å². The molecule has 3 amide bonds. The number of rotatable bonds is 7. The highest BCUT2D eigenvalue weighted by Crippen LogP contribution is 2.22. The summed E-state index contributed by atoms with van der Waals surface area (Å²) < 4.78 is 5.43. The van der Waals surface area contributed by atoms with Gasteiger partial charge < -0.3 is 15.2 Å². The Bertz CT molecular complexity index is 534. The summed E-state index contributed by atoms with van der Waals surface area (Å²) >= 11 is 0. The fourth-order valence-electron chi connectivity index (χ4n) is 2.55. The van der Waals surface area contributed by atoms with Gasteiger partial charge in [0.15, 0.2) is 0 Å². The molecule has 1 aromatic carbocycles. The summed E-state index contributed by atoms with van der Waals surface area (Å²) in [4.78, 5) is 25.3. The zero-order valence-corrected chi connectivity index (χ0v) is 12.9.